The van der Waals surface area contributed by atoms with E-state index in [1.807, 2.05) is 53.6 Å². The molecule has 3 heterocycles. The average molecular weight is 432 g/mol. The molecule has 0 bridgehead atoms. The summed E-state index contributed by atoms with van der Waals surface area (Å²) in [6.07, 6.45) is 2.80. The van der Waals surface area contributed by atoms with Crippen LogP contribution < -0.4 is 10.2 Å². The molecule has 0 spiro atoms. The van der Waals surface area contributed by atoms with E-state index in [1.54, 1.807) is 6.07 Å². The Morgan fingerprint density at radius 2 is 1.78 bits per heavy atom. The molecule has 1 saturated heterocycles. The number of carbonyl (C=O) groups excluding carboxylic acids is 1. The second kappa shape index (κ2) is 8.15. The van der Waals surface area contributed by atoms with Gasteiger partial charge in [0, 0.05) is 44.1 Å². The molecule has 0 unspecified atom stereocenters. The minimum absolute atomic E-state index is 0.0850. The van der Waals surface area contributed by atoms with Gasteiger partial charge in [0.25, 0.3) is 0 Å². The molecule has 32 heavy (non-hydrogen) atoms. The lowest BCUT2D eigenvalue weighted by molar-refractivity contribution is 0.215. The largest absolute Gasteiger partial charge is 0.353 e. The van der Waals surface area contributed by atoms with Gasteiger partial charge in [-0.25, -0.2) is 14.2 Å². The van der Waals surface area contributed by atoms with E-state index >= 15 is 0 Å². The monoisotopic (exact) mass is 431 g/mol. The molecule has 1 aliphatic rings. The van der Waals surface area contributed by atoms with E-state index in [1.165, 1.54) is 12.1 Å². The maximum Gasteiger partial charge on any atom is 0.321 e. The summed E-state index contributed by atoms with van der Waals surface area (Å²) >= 11 is 0. The molecule has 7 heteroatoms. The zero-order chi connectivity index (χ0) is 22.2. The van der Waals surface area contributed by atoms with Crippen LogP contribution in [0.25, 0.3) is 16.6 Å². The molecule has 2 aromatic carbocycles. The number of rotatable bonds is 2. The van der Waals surface area contributed by atoms with Crippen molar-refractivity contribution in [3.05, 3.63) is 71.7 Å². The minimum Gasteiger partial charge on any atom is -0.353 e. The van der Waals surface area contributed by atoms with Crippen LogP contribution in [0.1, 0.15) is 17.5 Å². The van der Waals surface area contributed by atoms with Crippen LogP contribution in [0.15, 0.2) is 54.7 Å². The highest BCUT2D eigenvalue weighted by Gasteiger charge is 2.22. The van der Waals surface area contributed by atoms with Gasteiger partial charge in [0.1, 0.15) is 5.82 Å². The summed E-state index contributed by atoms with van der Waals surface area (Å²) in [7, 11) is 0. The Hall–Kier alpha value is -3.61. The van der Waals surface area contributed by atoms with Gasteiger partial charge in [-0.3, -0.25) is 0 Å². The molecule has 1 aliphatic heterocycles. The number of fused-ring (bicyclic) bond motifs is 3. The highest BCUT2D eigenvalue weighted by atomic mass is 19.1. The fraction of sp³-hybridized carbons (Fsp3) is 0.280. The minimum atomic E-state index is -0.299. The number of carbonyl (C=O) groups is 1. The lowest BCUT2D eigenvalue weighted by atomic mass is 10.1. The molecule has 164 valence electrons. The lowest BCUT2D eigenvalue weighted by Crippen LogP contribution is -2.38. The molecular weight excluding hydrogens is 405 g/mol. The number of benzene rings is 2. The van der Waals surface area contributed by atoms with E-state index in [9.17, 15) is 9.18 Å². The number of halogens is 1. The first-order valence-corrected chi connectivity index (χ1v) is 10.9. The van der Waals surface area contributed by atoms with Crippen molar-refractivity contribution in [1.82, 2.24) is 14.3 Å². The summed E-state index contributed by atoms with van der Waals surface area (Å²) in [5.41, 5.74) is 5.55. The van der Waals surface area contributed by atoms with Crippen LogP contribution in [0.5, 0.6) is 0 Å². The van der Waals surface area contributed by atoms with Crippen molar-refractivity contribution in [2.45, 2.75) is 20.3 Å². The van der Waals surface area contributed by atoms with E-state index in [0.717, 1.165) is 46.6 Å². The van der Waals surface area contributed by atoms with Crippen LogP contribution in [0.3, 0.4) is 0 Å². The standard InChI is InChI=1S/C25H26FN5O/c1-17-13-18(2)15-20(14-17)27-25(32)30-9-4-8-29(11-12-30)24-23-5-3-10-31(23)22-7-6-19(26)16-21(22)28-24/h3,5-7,10,13-16H,4,8-9,11-12H2,1-2H3,(H,27,32). The Balaban J connectivity index is 1.37. The van der Waals surface area contributed by atoms with Crippen LogP contribution in [0.2, 0.25) is 0 Å². The molecule has 1 fully saturated rings. The second-order valence-corrected chi connectivity index (χ2v) is 8.47. The number of aryl methyl sites for hydroxylation is 2. The van der Waals surface area contributed by atoms with Gasteiger partial charge < -0.3 is 19.5 Å². The molecule has 2 amide bonds. The molecule has 6 nitrogen and oxygen atoms in total. The number of anilines is 2. The third kappa shape index (κ3) is 3.86. The number of nitrogens with one attached hydrogen (secondary N) is 1. The predicted molar refractivity (Wildman–Crippen MR) is 126 cm³/mol. The normalized spacial score (nSPS) is 14.7. The SMILES string of the molecule is Cc1cc(C)cc(NC(=O)N2CCCN(c3nc4cc(F)ccc4n4cccc34)CC2)c1. The van der Waals surface area contributed by atoms with Crippen molar-refractivity contribution >= 4 is 34.1 Å². The van der Waals surface area contributed by atoms with Gasteiger partial charge in [0.15, 0.2) is 5.82 Å². The van der Waals surface area contributed by atoms with Crippen molar-refractivity contribution in [2.75, 3.05) is 36.4 Å². The number of amides is 2. The summed E-state index contributed by atoms with van der Waals surface area (Å²) < 4.78 is 15.9. The van der Waals surface area contributed by atoms with Gasteiger partial charge in [-0.05, 0) is 67.8 Å². The van der Waals surface area contributed by atoms with Crippen molar-refractivity contribution in [1.29, 1.82) is 0 Å². The molecule has 1 N–H and O–H groups in total. The fourth-order valence-corrected chi connectivity index (χ4v) is 4.55. The maximum absolute atomic E-state index is 13.9. The quantitative estimate of drug-likeness (QED) is 0.487. The molecular formula is C25H26FN5O. The van der Waals surface area contributed by atoms with E-state index in [-0.39, 0.29) is 11.8 Å². The topological polar surface area (TPSA) is 52.9 Å². The summed E-state index contributed by atoms with van der Waals surface area (Å²) in [5.74, 6) is 0.525. The van der Waals surface area contributed by atoms with Crippen LogP contribution >= 0.6 is 0 Å². The summed E-state index contributed by atoms with van der Waals surface area (Å²) in [4.78, 5) is 21.8. The predicted octanol–water partition coefficient (Wildman–Crippen LogP) is 4.99. The van der Waals surface area contributed by atoms with Gasteiger partial charge in [0.2, 0.25) is 0 Å². The Bertz CT molecular complexity index is 1290. The molecule has 0 radical (unpaired) electrons. The second-order valence-electron chi connectivity index (χ2n) is 8.47. The lowest BCUT2D eigenvalue weighted by Gasteiger charge is -2.24. The van der Waals surface area contributed by atoms with Crippen molar-refractivity contribution in [3.8, 4) is 0 Å². The number of nitrogens with zero attached hydrogens (tertiary/aromatic N) is 4. The number of aromatic nitrogens is 2. The van der Waals surface area contributed by atoms with Crippen molar-refractivity contribution < 1.29 is 9.18 Å². The van der Waals surface area contributed by atoms with Crippen LogP contribution in [-0.2, 0) is 0 Å². The maximum atomic E-state index is 13.9. The van der Waals surface area contributed by atoms with Crippen LogP contribution in [0, 0.1) is 19.7 Å². The summed E-state index contributed by atoms with van der Waals surface area (Å²) in [5, 5.41) is 3.04. The Kier molecular flexibility index (Phi) is 5.17. The summed E-state index contributed by atoms with van der Waals surface area (Å²) in [6, 6.07) is 14.7. The fourth-order valence-electron chi connectivity index (χ4n) is 4.55. The number of hydrogen-bond donors (Lipinski definition) is 1. The molecule has 4 aromatic rings. The van der Waals surface area contributed by atoms with Crippen molar-refractivity contribution in [3.63, 3.8) is 0 Å². The first-order chi connectivity index (χ1) is 15.5. The number of urea groups is 1. The Labute approximate surface area is 186 Å². The smallest absolute Gasteiger partial charge is 0.321 e. The Morgan fingerprint density at radius 1 is 0.969 bits per heavy atom. The third-order valence-electron chi connectivity index (χ3n) is 5.96. The van der Waals surface area contributed by atoms with E-state index in [2.05, 4.69) is 16.3 Å². The highest BCUT2D eigenvalue weighted by Crippen LogP contribution is 2.27. The van der Waals surface area contributed by atoms with Gasteiger partial charge in [-0.15, -0.1) is 0 Å². The van der Waals surface area contributed by atoms with Gasteiger partial charge in [-0.1, -0.05) is 6.07 Å². The average Bonchev–Trinajstić information content (AvgIpc) is 3.10. The molecule has 0 atom stereocenters. The Morgan fingerprint density at radius 3 is 2.59 bits per heavy atom. The zero-order valence-corrected chi connectivity index (χ0v) is 18.3. The summed E-state index contributed by atoms with van der Waals surface area (Å²) in [6.45, 7) is 6.75. The molecule has 2 aromatic heterocycles. The van der Waals surface area contributed by atoms with Gasteiger partial charge in [-0.2, -0.15) is 0 Å². The molecule has 5 rings (SSSR count). The van der Waals surface area contributed by atoms with Crippen LogP contribution in [-0.4, -0.2) is 46.5 Å². The first-order valence-electron chi connectivity index (χ1n) is 10.9. The van der Waals surface area contributed by atoms with E-state index < -0.39 is 0 Å². The van der Waals surface area contributed by atoms with Gasteiger partial charge >= 0.3 is 6.03 Å². The first kappa shape index (κ1) is 20.3. The molecule has 0 saturated carbocycles. The van der Waals surface area contributed by atoms with Gasteiger partial charge in [0.05, 0.1) is 16.6 Å². The van der Waals surface area contributed by atoms with E-state index in [0.29, 0.717) is 25.2 Å². The van der Waals surface area contributed by atoms with Crippen molar-refractivity contribution in [2.24, 2.45) is 0 Å². The third-order valence-corrected chi connectivity index (χ3v) is 5.96. The molecule has 0 aliphatic carbocycles. The highest BCUT2D eigenvalue weighted by molar-refractivity contribution is 5.90. The zero-order valence-electron chi connectivity index (χ0n) is 18.3. The van der Waals surface area contributed by atoms with Crippen LogP contribution in [0.4, 0.5) is 20.7 Å². The number of hydrogen-bond acceptors (Lipinski definition) is 3. The van der Waals surface area contributed by atoms with E-state index in [4.69, 9.17) is 4.98 Å².